The Kier molecular flexibility index (Phi) is 6.61. The molecular formula is C15H29NO. The summed E-state index contributed by atoms with van der Waals surface area (Å²) in [5, 5.41) is 3.16. The van der Waals surface area contributed by atoms with Crippen LogP contribution in [0.1, 0.15) is 72.1 Å². The largest absolute Gasteiger partial charge is 0.353 e. The van der Waals surface area contributed by atoms with Gasteiger partial charge in [0.05, 0.1) is 0 Å². The van der Waals surface area contributed by atoms with E-state index in [1.165, 1.54) is 44.9 Å². The lowest BCUT2D eigenvalue weighted by atomic mass is 9.90. The summed E-state index contributed by atoms with van der Waals surface area (Å²) in [5.41, 5.74) is 0. The van der Waals surface area contributed by atoms with E-state index in [0.717, 1.165) is 6.42 Å². The molecule has 1 N–H and O–H groups in total. The summed E-state index contributed by atoms with van der Waals surface area (Å²) in [6.07, 6.45) is 10.3. The van der Waals surface area contributed by atoms with Gasteiger partial charge in [0.25, 0.3) is 0 Å². The lowest BCUT2D eigenvalue weighted by Gasteiger charge is -2.21. The molecule has 17 heavy (non-hydrogen) atoms. The molecule has 1 fully saturated rings. The molecule has 0 saturated carbocycles. The van der Waals surface area contributed by atoms with E-state index in [9.17, 15) is 4.79 Å². The lowest BCUT2D eigenvalue weighted by Crippen LogP contribution is -2.38. The van der Waals surface area contributed by atoms with Gasteiger partial charge in [0.1, 0.15) is 0 Å². The van der Waals surface area contributed by atoms with Gasteiger partial charge in [-0.25, -0.2) is 0 Å². The molecule has 0 spiro atoms. The number of rotatable bonds is 0. The van der Waals surface area contributed by atoms with Gasteiger partial charge in [-0.3, -0.25) is 4.79 Å². The van der Waals surface area contributed by atoms with Gasteiger partial charge in [0.15, 0.2) is 0 Å². The minimum absolute atomic E-state index is 0.165. The molecule has 0 aromatic carbocycles. The molecule has 0 bridgehead atoms. The molecule has 100 valence electrons. The second-order valence-corrected chi connectivity index (χ2v) is 5.87. The number of hydrogen-bond donors (Lipinski definition) is 1. The molecule has 0 aromatic heterocycles. The van der Waals surface area contributed by atoms with E-state index in [4.69, 9.17) is 0 Å². The fraction of sp³-hybridized carbons (Fsp3) is 0.933. The molecule has 3 atom stereocenters. The zero-order chi connectivity index (χ0) is 12.7. The molecule has 1 saturated heterocycles. The Labute approximate surface area is 107 Å². The number of carbonyl (C=O) groups excluding carboxylic acids is 1. The van der Waals surface area contributed by atoms with E-state index >= 15 is 0 Å². The molecule has 3 unspecified atom stereocenters. The van der Waals surface area contributed by atoms with Crippen LogP contribution in [0.25, 0.3) is 0 Å². The quantitative estimate of drug-likeness (QED) is 0.682. The van der Waals surface area contributed by atoms with Crippen LogP contribution in [0.5, 0.6) is 0 Å². The van der Waals surface area contributed by atoms with Crippen LogP contribution < -0.4 is 5.32 Å². The van der Waals surface area contributed by atoms with Gasteiger partial charge in [-0.1, -0.05) is 52.4 Å². The summed E-state index contributed by atoms with van der Waals surface area (Å²) < 4.78 is 0. The van der Waals surface area contributed by atoms with Crippen LogP contribution >= 0.6 is 0 Å². The maximum atomic E-state index is 12.0. The summed E-state index contributed by atoms with van der Waals surface area (Å²) in [6.45, 7) is 6.43. The second-order valence-electron chi connectivity index (χ2n) is 5.87. The van der Waals surface area contributed by atoms with Crippen molar-refractivity contribution >= 4 is 5.91 Å². The Hall–Kier alpha value is -0.530. The summed E-state index contributed by atoms with van der Waals surface area (Å²) in [7, 11) is 0. The third-order valence-corrected chi connectivity index (χ3v) is 4.20. The summed E-state index contributed by atoms with van der Waals surface area (Å²) in [6, 6.07) is 0.345. The summed E-state index contributed by atoms with van der Waals surface area (Å²) in [4.78, 5) is 12.0. The van der Waals surface area contributed by atoms with Crippen LogP contribution in [0.3, 0.4) is 0 Å². The van der Waals surface area contributed by atoms with E-state index in [-0.39, 0.29) is 11.8 Å². The Bertz CT molecular complexity index is 227. The van der Waals surface area contributed by atoms with Crippen molar-refractivity contribution in [2.45, 2.75) is 78.2 Å². The van der Waals surface area contributed by atoms with Crippen molar-refractivity contribution in [2.24, 2.45) is 11.8 Å². The van der Waals surface area contributed by atoms with Crippen molar-refractivity contribution in [2.75, 3.05) is 0 Å². The van der Waals surface area contributed by atoms with Crippen LogP contribution in [-0.2, 0) is 4.79 Å². The molecule has 0 aliphatic carbocycles. The average Bonchev–Trinajstić information content (AvgIpc) is 2.30. The van der Waals surface area contributed by atoms with Gasteiger partial charge in [0.2, 0.25) is 5.91 Å². The molecular weight excluding hydrogens is 210 g/mol. The zero-order valence-electron chi connectivity index (χ0n) is 11.8. The van der Waals surface area contributed by atoms with E-state index in [1.807, 2.05) is 0 Å². The van der Waals surface area contributed by atoms with E-state index < -0.39 is 0 Å². The molecule has 1 amide bonds. The first-order chi connectivity index (χ1) is 8.11. The topological polar surface area (TPSA) is 29.1 Å². The monoisotopic (exact) mass is 239 g/mol. The number of carbonyl (C=O) groups is 1. The maximum absolute atomic E-state index is 12.0. The number of nitrogens with one attached hydrogen (secondary N) is 1. The van der Waals surface area contributed by atoms with Crippen molar-refractivity contribution in [3.63, 3.8) is 0 Å². The minimum atomic E-state index is 0.165. The highest BCUT2D eigenvalue weighted by Gasteiger charge is 2.21. The first-order valence-corrected chi connectivity index (χ1v) is 7.41. The van der Waals surface area contributed by atoms with Crippen LogP contribution in [0.2, 0.25) is 0 Å². The smallest absolute Gasteiger partial charge is 0.223 e. The van der Waals surface area contributed by atoms with Gasteiger partial charge < -0.3 is 5.32 Å². The van der Waals surface area contributed by atoms with Crippen LogP contribution in [0, 0.1) is 11.8 Å². The zero-order valence-corrected chi connectivity index (χ0v) is 11.8. The van der Waals surface area contributed by atoms with Gasteiger partial charge in [0, 0.05) is 12.0 Å². The molecule has 1 aliphatic heterocycles. The maximum Gasteiger partial charge on any atom is 0.223 e. The van der Waals surface area contributed by atoms with Gasteiger partial charge in [-0.05, 0) is 25.7 Å². The fourth-order valence-corrected chi connectivity index (χ4v) is 2.58. The standard InChI is InChI=1S/C15H29NO/c1-12-10-8-6-4-5-7-9-11-13(2)16-15(17)14(12)3/h12-14H,4-11H2,1-3H3,(H,16,17). The summed E-state index contributed by atoms with van der Waals surface area (Å²) in [5.74, 6) is 0.936. The van der Waals surface area contributed by atoms with Gasteiger partial charge >= 0.3 is 0 Å². The first kappa shape index (κ1) is 14.5. The fourth-order valence-electron chi connectivity index (χ4n) is 2.58. The Morgan fingerprint density at radius 3 is 2.06 bits per heavy atom. The third kappa shape index (κ3) is 5.56. The van der Waals surface area contributed by atoms with E-state index in [1.54, 1.807) is 0 Å². The van der Waals surface area contributed by atoms with Crippen LogP contribution in [0.4, 0.5) is 0 Å². The molecule has 1 heterocycles. The second kappa shape index (κ2) is 7.73. The van der Waals surface area contributed by atoms with Crippen molar-refractivity contribution < 1.29 is 4.79 Å². The molecule has 2 nitrogen and oxygen atoms in total. The van der Waals surface area contributed by atoms with Crippen LogP contribution in [-0.4, -0.2) is 11.9 Å². The Morgan fingerprint density at radius 2 is 1.41 bits per heavy atom. The SMILES string of the molecule is CC1CCCCCCCCC(C)C(C)C(=O)N1. The highest BCUT2D eigenvalue weighted by Crippen LogP contribution is 2.20. The predicted octanol–water partition coefficient (Wildman–Crippen LogP) is 3.90. The van der Waals surface area contributed by atoms with Crippen molar-refractivity contribution in [1.82, 2.24) is 5.32 Å². The molecule has 2 heteroatoms. The van der Waals surface area contributed by atoms with Crippen molar-refractivity contribution in [1.29, 1.82) is 0 Å². The summed E-state index contributed by atoms with van der Waals surface area (Å²) >= 11 is 0. The van der Waals surface area contributed by atoms with Crippen molar-refractivity contribution in [3.05, 3.63) is 0 Å². The van der Waals surface area contributed by atoms with Crippen LogP contribution in [0.15, 0.2) is 0 Å². The van der Waals surface area contributed by atoms with Crippen molar-refractivity contribution in [3.8, 4) is 0 Å². The van der Waals surface area contributed by atoms with Gasteiger partial charge in [-0.2, -0.15) is 0 Å². The normalized spacial score (nSPS) is 34.1. The number of amides is 1. The molecule has 0 aromatic rings. The Balaban J connectivity index is 2.50. The first-order valence-electron chi connectivity index (χ1n) is 7.41. The lowest BCUT2D eigenvalue weighted by molar-refractivity contribution is -0.126. The minimum Gasteiger partial charge on any atom is -0.353 e. The third-order valence-electron chi connectivity index (χ3n) is 4.20. The van der Waals surface area contributed by atoms with E-state index in [0.29, 0.717) is 12.0 Å². The highest BCUT2D eigenvalue weighted by molar-refractivity contribution is 5.78. The predicted molar refractivity (Wildman–Crippen MR) is 72.9 cm³/mol. The molecule has 0 radical (unpaired) electrons. The number of hydrogen-bond acceptors (Lipinski definition) is 1. The average molecular weight is 239 g/mol. The van der Waals surface area contributed by atoms with Gasteiger partial charge in [-0.15, -0.1) is 0 Å². The van der Waals surface area contributed by atoms with E-state index in [2.05, 4.69) is 26.1 Å². The Morgan fingerprint density at radius 1 is 0.882 bits per heavy atom. The highest BCUT2D eigenvalue weighted by atomic mass is 16.1. The molecule has 1 aliphatic rings. The molecule has 1 rings (SSSR count).